The monoisotopic (exact) mass is 584 g/mol. The number of anilines is 1. The summed E-state index contributed by atoms with van der Waals surface area (Å²) in [4.78, 5) is 15.7. The molecule has 1 aromatic carbocycles. The van der Waals surface area contributed by atoms with E-state index in [9.17, 15) is 18.3 Å². The van der Waals surface area contributed by atoms with Gasteiger partial charge in [-0.15, -0.1) is 0 Å². The lowest BCUT2D eigenvalue weighted by Crippen LogP contribution is -2.15. The van der Waals surface area contributed by atoms with E-state index in [2.05, 4.69) is 9.71 Å². The van der Waals surface area contributed by atoms with Gasteiger partial charge in [0, 0.05) is 12.4 Å². The van der Waals surface area contributed by atoms with E-state index in [4.69, 9.17) is 4.74 Å². The molecule has 0 bridgehead atoms. The van der Waals surface area contributed by atoms with Crippen molar-refractivity contribution in [3.8, 4) is 5.75 Å². The molecule has 1 aromatic heterocycles. The normalized spacial score (nSPS) is 22.4. The highest BCUT2D eigenvalue weighted by Gasteiger charge is 2.24. The Morgan fingerprint density at radius 3 is 1.95 bits per heavy atom. The third kappa shape index (κ3) is 9.19. The molecule has 7 nitrogen and oxygen atoms in total. The number of rotatable bonds is 7. The molecular formula is C33H48N2O5S. The minimum atomic E-state index is -3.94. The van der Waals surface area contributed by atoms with E-state index in [1.165, 1.54) is 115 Å². The lowest BCUT2D eigenvalue weighted by molar-refractivity contribution is 0.0696. The third-order valence-corrected chi connectivity index (χ3v) is 10.6. The maximum atomic E-state index is 13.3. The van der Waals surface area contributed by atoms with E-state index in [-0.39, 0.29) is 21.9 Å². The van der Waals surface area contributed by atoms with Crippen molar-refractivity contribution in [2.45, 2.75) is 120 Å². The molecule has 226 valence electrons. The van der Waals surface area contributed by atoms with Gasteiger partial charge in [-0.1, -0.05) is 96.3 Å². The molecule has 2 fully saturated rings. The largest absolute Gasteiger partial charge is 0.495 e. The second-order valence-electron chi connectivity index (χ2n) is 12.1. The number of carboxylic acid groups (broad SMARTS) is 1. The maximum absolute atomic E-state index is 13.3. The minimum Gasteiger partial charge on any atom is -0.495 e. The van der Waals surface area contributed by atoms with Crippen LogP contribution in [0.4, 0.5) is 5.69 Å². The highest BCUT2D eigenvalue weighted by molar-refractivity contribution is 7.92. The number of nitrogens with one attached hydrogen (secondary N) is 1. The quantitative estimate of drug-likeness (QED) is 0.338. The Labute approximate surface area is 246 Å². The van der Waals surface area contributed by atoms with Crippen LogP contribution in [0.3, 0.4) is 0 Å². The summed E-state index contributed by atoms with van der Waals surface area (Å²) in [7, 11) is -2.56. The molecule has 2 saturated carbocycles. The molecule has 1 heterocycles. The summed E-state index contributed by atoms with van der Waals surface area (Å²) < 4.78 is 34.5. The van der Waals surface area contributed by atoms with Gasteiger partial charge in [0.15, 0.2) is 0 Å². The maximum Gasteiger partial charge on any atom is 0.335 e. The second kappa shape index (κ2) is 15.6. The van der Waals surface area contributed by atoms with Gasteiger partial charge < -0.3 is 9.84 Å². The molecule has 0 spiro atoms. The van der Waals surface area contributed by atoms with E-state index < -0.39 is 16.0 Å². The van der Waals surface area contributed by atoms with Crippen molar-refractivity contribution in [2.75, 3.05) is 11.8 Å². The minimum absolute atomic E-state index is 0.0201. The number of nitrogens with zero attached hydrogens (tertiary/aromatic N) is 1. The Hall–Kier alpha value is -2.61. The van der Waals surface area contributed by atoms with Crippen LogP contribution in [-0.4, -0.2) is 31.6 Å². The van der Waals surface area contributed by atoms with Crippen LogP contribution in [0, 0.1) is 11.8 Å². The first-order chi connectivity index (χ1) is 19.9. The fraction of sp³-hybridized carbons (Fsp3) is 0.636. The number of ether oxygens (including phenoxy) is 1. The van der Waals surface area contributed by atoms with Gasteiger partial charge in [0.05, 0.1) is 18.4 Å². The topological polar surface area (TPSA) is 106 Å². The Balaban J connectivity index is 1.42. The number of hydrogen-bond acceptors (Lipinski definition) is 5. The van der Waals surface area contributed by atoms with Crippen LogP contribution in [0.2, 0.25) is 0 Å². The summed E-state index contributed by atoms with van der Waals surface area (Å²) in [5.74, 6) is 1.11. The highest BCUT2D eigenvalue weighted by atomic mass is 32.2. The van der Waals surface area contributed by atoms with Crippen molar-refractivity contribution < 1.29 is 23.1 Å². The summed E-state index contributed by atoms with van der Waals surface area (Å²) in [6.07, 6.45) is 25.4. The van der Waals surface area contributed by atoms with Crippen LogP contribution >= 0.6 is 0 Å². The van der Waals surface area contributed by atoms with E-state index in [0.29, 0.717) is 5.92 Å². The number of methoxy groups -OCH3 is 1. The molecule has 41 heavy (non-hydrogen) atoms. The highest BCUT2D eigenvalue weighted by Crippen LogP contribution is 2.37. The lowest BCUT2D eigenvalue weighted by Gasteiger charge is -2.27. The zero-order valence-corrected chi connectivity index (χ0v) is 25.5. The van der Waals surface area contributed by atoms with Gasteiger partial charge >= 0.3 is 5.97 Å². The van der Waals surface area contributed by atoms with Crippen LogP contribution in [-0.2, 0) is 10.0 Å². The average molecular weight is 585 g/mol. The molecular weight excluding hydrogens is 536 g/mol. The molecule has 2 aliphatic carbocycles. The van der Waals surface area contributed by atoms with Gasteiger partial charge in [0.1, 0.15) is 10.6 Å². The van der Waals surface area contributed by atoms with Crippen molar-refractivity contribution >= 4 is 21.7 Å². The average Bonchev–Trinajstić information content (AvgIpc) is 3.07. The van der Waals surface area contributed by atoms with Crippen molar-refractivity contribution in [3.05, 3.63) is 47.8 Å². The second-order valence-corrected chi connectivity index (χ2v) is 13.8. The number of carboxylic acids is 1. The Morgan fingerprint density at radius 1 is 0.805 bits per heavy atom. The van der Waals surface area contributed by atoms with E-state index >= 15 is 0 Å². The summed E-state index contributed by atoms with van der Waals surface area (Å²) in [6.45, 7) is 0. The Kier molecular flexibility index (Phi) is 11.9. The SMILES string of the molecule is COc1cc(C(=O)O)ccc1NS(=O)(=O)c1cncc(C2CCCCCC(C3CCCCCCCC3)CCCC2)c1. The predicted octanol–water partition coefficient (Wildman–Crippen LogP) is 8.56. The molecule has 2 atom stereocenters. The molecule has 2 N–H and O–H groups in total. The van der Waals surface area contributed by atoms with Gasteiger partial charge in [-0.25, -0.2) is 13.2 Å². The zero-order chi connectivity index (χ0) is 29.1. The molecule has 8 heteroatoms. The smallest absolute Gasteiger partial charge is 0.335 e. The van der Waals surface area contributed by atoms with Crippen molar-refractivity contribution in [1.29, 1.82) is 0 Å². The van der Waals surface area contributed by atoms with E-state index in [0.717, 1.165) is 43.1 Å². The van der Waals surface area contributed by atoms with Crippen molar-refractivity contribution in [1.82, 2.24) is 4.98 Å². The predicted molar refractivity (Wildman–Crippen MR) is 163 cm³/mol. The first-order valence-corrected chi connectivity index (χ1v) is 17.2. The summed E-state index contributed by atoms with van der Waals surface area (Å²) in [5.41, 5.74) is 1.19. The fourth-order valence-electron chi connectivity index (χ4n) is 6.92. The zero-order valence-electron chi connectivity index (χ0n) is 24.7. The molecule has 0 radical (unpaired) electrons. The van der Waals surface area contributed by atoms with Crippen molar-refractivity contribution in [2.24, 2.45) is 11.8 Å². The summed E-state index contributed by atoms with van der Waals surface area (Å²) in [6, 6.07) is 5.83. The number of aromatic nitrogens is 1. The number of aromatic carboxylic acids is 1. The number of benzene rings is 1. The van der Waals surface area contributed by atoms with E-state index in [1.807, 2.05) is 6.20 Å². The Bertz CT molecular complexity index is 1220. The molecule has 0 amide bonds. The molecule has 0 aliphatic heterocycles. The van der Waals surface area contributed by atoms with Gasteiger partial charge in [-0.3, -0.25) is 9.71 Å². The van der Waals surface area contributed by atoms with Gasteiger partial charge in [0.2, 0.25) is 0 Å². The first-order valence-electron chi connectivity index (χ1n) is 15.8. The van der Waals surface area contributed by atoms with Crippen LogP contribution < -0.4 is 9.46 Å². The van der Waals surface area contributed by atoms with Gasteiger partial charge in [0.25, 0.3) is 10.0 Å². The van der Waals surface area contributed by atoms with Crippen LogP contribution in [0.15, 0.2) is 41.6 Å². The standard InChI is InChI=1S/C33H48N2O5S/c1-40-32-22-28(33(36)37)19-20-31(32)35-41(38,39)30-21-29(23-34-24-30)27-16-10-6-9-15-26(17-11-12-18-27)25-13-7-4-2-3-5-8-14-25/h19-27,35H,2-18H2,1H3,(H,36,37). The summed E-state index contributed by atoms with van der Waals surface area (Å²) >= 11 is 0. The number of sulfonamides is 1. The fourth-order valence-corrected chi connectivity index (χ4v) is 7.99. The summed E-state index contributed by atoms with van der Waals surface area (Å²) in [5, 5.41) is 9.25. The number of pyridine rings is 1. The van der Waals surface area contributed by atoms with Crippen LogP contribution in [0.25, 0.3) is 0 Å². The molecule has 2 unspecified atom stereocenters. The van der Waals surface area contributed by atoms with Gasteiger partial charge in [-0.05, 0) is 60.4 Å². The third-order valence-electron chi connectivity index (χ3n) is 9.28. The molecule has 4 rings (SSSR count). The van der Waals surface area contributed by atoms with Gasteiger partial charge in [-0.2, -0.15) is 0 Å². The molecule has 2 aromatic rings. The lowest BCUT2D eigenvalue weighted by atomic mass is 9.78. The van der Waals surface area contributed by atoms with Crippen LogP contribution in [0.5, 0.6) is 5.75 Å². The number of hydrogen-bond donors (Lipinski definition) is 2. The molecule has 0 saturated heterocycles. The Morgan fingerprint density at radius 2 is 1.34 bits per heavy atom. The van der Waals surface area contributed by atoms with E-state index in [1.54, 1.807) is 6.07 Å². The van der Waals surface area contributed by atoms with Crippen molar-refractivity contribution in [3.63, 3.8) is 0 Å². The molecule has 2 aliphatic rings. The number of carbonyl (C=O) groups is 1. The van der Waals surface area contributed by atoms with Crippen LogP contribution in [0.1, 0.15) is 131 Å². The first kappa shape index (κ1) is 31.3.